The minimum absolute atomic E-state index is 0.264. The van der Waals surface area contributed by atoms with Crippen LogP contribution in [0.25, 0.3) is 0 Å². The summed E-state index contributed by atoms with van der Waals surface area (Å²) < 4.78 is 0. The van der Waals surface area contributed by atoms with Crippen LogP contribution in [0.5, 0.6) is 0 Å². The summed E-state index contributed by atoms with van der Waals surface area (Å²) in [5.74, 6) is 0. The molecule has 1 N–H and O–H groups in total. The van der Waals surface area contributed by atoms with E-state index in [0.29, 0.717) is 0 Å². The van der Waals surface area contributed by atoms with E-state index >= 15 is 0 Å². The van der Waals surface area contributed by atoms with Gasteiger partial charge in [0.1, 0.15) is 0 Å². The van der Waals surface area contributed by atoms with E-state index in [1.807, 2.05) is 18.3 Å². The first-order chi connectivity index (χ1) is 4.34. The van der Waals surface area contributed by atoms with Gasteiger partial charge in [-0.2, -0.15) is 0 Å². The molecule has 0 aliphatic carbocycles. The van der Waals surface area contributed by atoms with Crippen LogP contribution in [-0.4, -0.2) is 4.98 Å². The Bertz CT molecular complexity index is 157. The fourth-order valence-corrected chi connectivity index (χ4v) is 0.911. The molecule has 0 fully saturated rings. The second-order valence-corrected chi connectivity index (χ2v) is 2.59. The van der Waals surface area contributed by atoms with Gasteiger partial charge >= 0.3 is 0 Å². The average Bonchev–Trinajstić information content (AvgIpc) is 2.37. The standard InChI is InChI=1S/C7H10NS/c1-2-7(9)6-4-3-5-8-6/h3-5,7-8H,2H2,1H3. The van der Waals surface area contributed by atoms with E-state index in [0.717, 1.165) is 12.1 Å². The molecule has 49 valence electrons. The second-order valence-electron chi connectivity index (χ2n) is 2.02. The van der Waals surface area contributed by atoms with Gasteiger partial charge in [-0.3, -0.25) is 0 Å². The Hall–Kier alpha value is -0.370. The van der Waals surface area contributed by atoms with E-state index in [4.69, 9.17) is 12.6 Å². The lowest BCUT2D eigenvalue weighted by Crippen LogP contribution is -1.86. The summed E-state index contributed by atoms with van der Waals surface area (Å²) in [6, 6.07) is 4.01. The van der Waals surface area contributed by atoms with Gasteiger partial charge in [-0.25, -0.2) is 0 Å². The summed E-state index contributed by atoms with van der Waals surface area (Å²) in [6.07, 6.45) is 2.93. The number of aromatic nitrogens is 1. The van der Waals surface area contributed by atoms with Crippen LogP contribution in [0, 0.1) is 0 Å². The lowest BCUT2D eigenvalue weighted by atomic mass is 10.2. The minimum Gasteiger partial charge on any atom is -0.364 e. The molecule has 1 radical (unpaired) electrons. The van der Waals surface area contributed by atoms with E-state index in [1.54, 1.807) is 0 Å². The van der Waals surface area contributed by atoms with Crippen molar-refractivity contribution in [2.75, 3.05) is 0 Å². The van der Waals surface area contributed by atoms with E-state index < -0.39 is 0 Å². The molecule has 2 heteroatoms. The fourth-order valence-electron chi connectivity index (χ4n) is 0.764. The normalized spacial score (nSPS) is 13.6. The molecule has 1 rings (SSSR count). The predicted octanol–water partition coefficient (Wildman–Crippen LogP) is 2.66. The largest absolute Gasteiger partial charge is 0.364 e. The fraction of sp³-hybridized carbons (Fsp3) is 0.429. The predicted molar refractivity (Wildman–Crippen MR) is 41.4 cm³/mol. The summed E-state index contributed by atoms with van der Waals surface area (Å²) in [5.41, 5.74) is 1.16. The van der Waals surface area contributed by atoms with Crippen molar-refractivity contribution in [1.82, 2.24) is 4.98 Å². The molecule has 0 saturated carbocycles. The molecule has 0 saturated heterocycles. The van der Waals surface area contributed by atoms with Crippen LogP contribution < -0.4 is 0 Å². The molecule has 0 amide bonds. The van der Waals surface area contributed by atoms with Gasteiger partial charge < -0.3 is 4.98 Å². The summed E-state index contributed by atoms with van der Waals surface area (Å²) in [6.45, 7) is 2.10. The quantitative estimate of drug-likeness (QED) is 0.650. The number of hydrogen-bond acceptors (Lipinski definition) is 0. The molecular formula is C7H10NS. The molecule has 0 bridgehead atoms. The van der Waals surface area contributed by atoms with E-state index in [-0.39, 0.29) is 5.25 Å². The molecule has 0 spiro atoms. The van der Waals surface area contributed by atoms with Crippen LogP contribution >= 0.6 is 12.6 Å². The van der Waals surface area contributed by atoms with Gasteiger partial charge in [0.05, 0.1) is 5.25 Å². The Morgan fingerprint density at radius 3 is 3.00 bits per heavy atom. The summed E-state index contributed by atoms with van der Waals surface area (Å²) in [7, 11) is 0. The van der Waals surface area contributed by atoms with Gasteiger partial charge in [0.2, 0.25) is 0 Å². The number of nitrogens with one attached hydrogen (secondary N) is 1. The molecule has 0 aliphatic rings. The van der Waals surface area contributed by atoms with Gasteiger partial charge in [-0.1, -0.05) is 19.6 Å². The van der Waals surface area contributed by atoms with E-state index in [9.17, 15) is 0 Å². The Morgan fingerprint density at radius 1 is 1.78 bits per heavy atom. The highest BCUT2D eigenvalue weighted by Crippen LogP contribution is 2.20. The molecule has 1 nitrogen and oxygen atoms in total. The Labute approximate surface area is 60.9 Å². The zero-order chi connectivity index (χ0) is 6.69. The van der Waals surface area contributed by atoms with Crippen molar-refractivity contribution in [3.63, 3.8) is 0 Å². The minimum atomic E-state index is 0.264. The Balaban J connectivity index is 2.65. The van der Waals surface area contributed by atoms with Crippen LogP contribution in [0.1, 0.15) is 24.3 Å². The molecule has 0 aromatic carbocycles. The third kappa shape index (κ3) is 1.52. The summed E-state index contributed by atoms with van der Waals surface area (Å²) in [4.78, 5) is 3.08. The van der Waals surface area contributed by atoms with Crippen molar-refractivity contribution in [2.24, 2.45) is 0 Å². The Kier molecular flexibility index (Phi) is 2.22. The van der Waals surface area contributed by atoms with E-state index in [1.165, 1.54) is 0 Å². The van der Waals surface area contributed by atoms with Gasteiger partial charge in [0.15, 0.2) is 0 Å². The molecule has 1 unspecified atom stereocenters. The monoisotopic (exact) mass is 140 g/mol. The number of aromatic amines is 1. The lowest BCUT2D eigenvalue weighted by Gasteiger charge is -2.01. The first-order valence-corrected chi connectivity index (χ1v) is 3.61. The molecular weight excluding hydrogens is 130 g/mol. The lowest BCUT2D eigenvalue weighted by molar-refractivity contribution is 0.874. The summed E-state index contributed by atoms with van der Waals surface area (Å²) in [5, 5.41) is 0.264. The molecule has 1 atom stereocenters. The highest BCUT2D eigenvalue weighted by atomic mass is 32.1. The summed E-state index contributed by atoms with van der Waals surface area (Å²) >= 11 is 5.13. The van der Waals surface area contributed by atoms with Crippen molar-refractivity contribution < 1.29 is 0 Å². The number of H-pyrrole nitrogens is 1. The maximum Gasteiger partial charge on any atom is 0.0549 e. The molecule has 1 aromatic heterocycles. The van der Waals surface area contributed by atoms with Crippen molar-refractivity contribution in [3.8, 4) is 0 Å². The van der Waals surface area contributed by atoms with Crippen molar-refractivity contribution in [1.29, 1.82) is 0 Å². The SMILES string of the molecule is CCC([S])c1ccc[nH]1. The average molecular weight is 140 g/mol. The van der Waals surface area contributed by atoms with Crippen LogP contribution in [0.2, 0.25) is 0 Å². The van der Waals surface area contributed by atoms with Gasteiger partial charge in [0, 0.05) is 11.9 Å². The maximum atomic E-state index is 5.13. The van der Waals surface area contributed by atoms with Crippen molar-refractivity contribution >= 4 is 12.6 Å². The third-order valence-electron chi connectivity index (χ3n) is 1.34. The number of hydrogen-bond donors (Lipinski definition) is 1. The van der Waals surface area contributed by atoms with Crippen LogP contribution in [-0.2, 0) is 0 Å². The van der Waals surface area contributed by atoms with Crippen LogP contribution in [0.4, 0.5) is 0 Å². The molecule has 0 aliphatic heterocycles. The first kappa shape index (κ1) is 6.75. The molecule has 9 heavy (non-hydrogen) atoms. The number of rotatable bonds is 2. The second kappa shape index (κ2) is 2.97. The van der Waals surface area contributed by atoms with Gasteiger partial charge in [-0.05, 0) is 18.6 Å². The smallest absolute Gasteiger partial charge is 0.0549 e. The van der Waals surface area contributed by atoms with Crippen molar-refractivity contribution in [3.05, 3.63) is 24.0 Å². The highest BCUT2D eigenvalue weighted by molar-refractivity contribution is 7.80. The Morgan fingerprint density at radius 2 is 2.56 bits per heavy atom. The van der Waals surface area contributed by atoms with Gasteiger partial charge in [-0.15, -0.1) is 0 Å². The van der Waals surface area contributed by atoms with Gasteiger partial charge in [0.25, 0.3) is 0 Å². The first-order valence-electron chi connectivity index (χ1n) is 3.13. The zero-order valence-electron chi connectivity index (χ0n) is 5.42. The van der Waals surface area contributed by atoms with E-state index in [2.05, 4.69) is 11.9 Å². The van der Waals surface area contributed by atoms with Crippen LogP contribution in [0.15, 0.2) is 18.3 Å². The third-order valence-corrected chi connectivity index (χ3v) is 1.93. The highest BCUT2D eigenvalue weighted by Gasteiger charge is 2.02. The van der Waals surface area contributed by atoms with Crippen molar-refractivity contribution in [2.45, 2.75) is 18.6 Å². The zero-order valence-corrected chi connectivity index (χ0v) is 6.24. The maximum absolute atomic E-state index is 5.13. The van der Waals surface area contributed by atoms with Crippen LogP contribution in [0.3, 0.4) is 0 Å². The molecule has 1 heterocycles. The molecule has 1 aromatic rings. The topological polar surface area (TPSA) is 15.8 Å².